The molecule has 0 saturated carbocycles. The molecule has 1 heterocycles. The molecule has 0 aliphatic heterocycles. The van der Waals surface area contributed by atoms with Gasteiger partial charge in [-0.3, -0.25) is 0 Å². The molecule has 25 heavy (non-hydrogen) atoms. The van der Waals surface area contributed by atoms with Crippen LogP contribution in [0.15, 0.2) is 66.7 Å². The molecular weight excluding hydrogens is 306 g/mol. The normalized spacial score (nSPS) is 9.08. The van der Waals surface area contributed by atoms with Gasteiger partial charge in [-0.2, -0.15) is 0 Å². The lowest BCUT2D eigenvalue weighted by atomic mass is 10.1. The van der Waals surface area contributed by atoms with Crippen LogP contribution in [-0.2, 0) is 6.42 Å². The van der Waals surface area contributed by atoms with Gasteiger partial charge in [0.05, 0.1) is 5.52 Å². The van der Waals surface area contributed by atoms with Crippen LogP contribution >= 0.6 is 0 Å². The van der Waals surface area contributed by atoms with Gasteiger partial charge in [0.1, 0.15) is 5.82 Å². The highest BCUT2D eigenvalue weighted by Gasteiger charge is 1.91. The number of nitrogens with two attached hydrogens (primary N) is 1. The first-order valence-electron chi connectivity index (χ1n) is 8.65. The second kappa shape index (κ2) is 14.0. The van der Waals surface area contributed by atoms with Crippen molar-refractivity contribution in [1.82, 2.24) is 10.3 Å². The summed E-state index contributed by atoms with van der Waals surface area (Å²) >= 11 is 0. The van der Waals surface area contributed by atoms with Crippen molar-refractivity contribution < 1.29 is 0 Å². The first-order chi connectivity index (χ1) is 11.8. The number of hydrogen-bond donors (Lipinski definition) is 2. The molecule has 0 atom stereocenters. The minimum atomic E-state index is 0. The van der Waals surface area contributed by atoms with E-state index in [1.165, 1.54) is 5.56 Å². The van der Waals surface area contributed by atoms with Crippen LogP contribution in [0.1, 0.15) is 33.8 Å². The van der Waals surface area contributed by atoms with Crippen LogP contribution in [0.25, 0.3) is 10.9 Å². The number of nitrogens with one attached hydrogen (secondary N) is 1. The Kier molecular flexibility index (Phi) is 12.7. The third-order valence-corrected chi connectivity index (χ3v) is 3.30. The molecule has 3 N–H and O–H groups in total. The Morgan fingerprint density at radius 3 is 2.20 bits per heavy atom. The van der Waals surface area contributed by atoms with Crippen LogP contribution in [0, 0.1) is 0 Å². The van der Waals surface area contributed by atoms with Crippen molar-refractivity contribution in [3.8, 4) is 0 Å². The number of pyridine rings is 1. The maximum Gasteiger partial charge on any atom is 0.124 e. The maximum atomic E-state index is 5.51. The summed E-state index contributed by atoms with van der Waals surface area (Å²) in [5.41, 5.74) is 7.87. The van der Waals surface area contributed by atoms with E-state index in [0.717, 1.165) is 30.4 Å². The molecule has 0 aliphatic rings. The van der Waals surface area contributed by atoms with Crippen molar-refractivity contribution in [2.45, 2.75) is 34.6 Å². The molecule has 0 aliphatic carbocycles. The lowest BCUT2D eigenvalue weighted by Gasteiger charge is -2.00. The lowest BCUT2D eigenvalue weighted by Crippen LogP contribution is -2.15. The molecule has 1 aromatic heterocycles. The Balaban J connectivity index is 0.000000405. The van der Waals surface area contributed by atoms with Crippen LogP contribution in [0.2, 0.25) is 0 Å². The van der Waals surface area contributed by atoms with Crippen LogP contribution in [-0.4, -0.2) is 18.1 Å². The Bertz CT molecular complexity index is 681. The minimum Gasteiger partial charge on any atom is -0.384 e. The lowest BCUT2D eigenvalue weighted by molar-refractivity contribution is 0.716. The summed E-state index contributed by atoms with van der Waals surface area (Å²) in [5, 5.41) is 4.42. The monoisotopic (exact) mass is 339 g/mol. The topological polar surface area (TPSA) is 50.9 Å². The highest BCUT2D eigenvalue weighted by atomic mass is 14.8. The predicted molar refractivity (Wildman–Crippen MR) is 113 cm³/mol. The van der Waals surface area contributed by atoms with E-state index < -0.39 is 0 Å². The molecule has 3 aromatic rings. The quantitative estimate of drug-likeness (QED) is 0.633. The van der Waals surface area contributed by atoms with E-state index in [0.29, 0.717) is 5.82 Å². The molecule has 3 rings (SSSR count). The summed E-state index contributed by atoms with van der Waals surface area (Å²) < 4.78 is 0. The summed E-state index contributed by atoms with van der Waals surface area (Å²) in [7, 11) is 0. The van der Waals surface area contributed by atoms with Crippen LogP contribution in [0.5, 0.6) is 0 Å². The number of likely N-dealkylation sites (N-methyl/N-ethyl adjacent to an activating group) is 1. The highest BCUT2D eigenvalue weighted by Crippen LogP contribution is 2.11. The summed E-state index contributed by atoms with van der Waals surface area (Å²) in [5.74, 6) is 0.573. The number of fused-ring (bicyclic) bond motifs is 1. The first kappa shape index (κ1) is 22.6. The number of hydrogen-bond acceptors (Lipinski definition) is 3. The second-order valence-corrected chi connectivity index (χ2v) is 5.02. The maximum absolute atomic E-state index is 5.51. The summed E-state index contributed by atoms with van der Waals surface area (Å²) in [6.07, 6.45) is 1.13. The molecule has 3 nitrogen and oxygen atoms in total. The van der Waals surface area contributed by atoms with E-state index in [1.54, 1.807) is 0 Å². The number of benzene rings is 2. The molecule has 0 unspecified atom stereocenters. The standard InChI is InChI=1S/C10H15N.C9H8N2.C2H6.CH4/c1-2-11-9-8-10-6-4-3-5-7-10;10-9-6-5-7-3-1-2-4-8(7)11-9;1-2;/h3-7,11H,2,8-9H2,1H3;1-6H,(H2,10,11);1-2H3;1H4. The number of nitrogens with zero attached hydrogens (tertiary/aromatic N) is 1. The number of rotatable bonds is 4. The van der Waals surface area contributed by atoms with E-state index in [2.05, 4.69) is 47.6 Å². The molecule has 0 saturated heterocycles. The number of nitrogen functional groups attached to an aromatic ring is 1. The van der Waals surface area contributed by atoms with Crippen molar-refractivity contribution >= 4 is 16.7 Å². The molecule has 136 valence electrons. The first-order valence-corrected chi connectivity index (χ1v) is 8.65. The van der Waals surface area contributed by atoms with Crippen molar-refractivity contribution in [1.29, 1.82) is 0 Å². The van der Waals surface area contributed by atoms with Gasteiger partial charge < -0.3 is 11.1 Å². The highest BCUT2D eigenvalue weighted by molar-refractivity contribution is 5.79. The van der Waals surface area contributed by atoms with Gasteiger partial charge in [-0.1, -0.05) is 76.7 Å². The van der Waals surface area contributed by atoms with Crippen molar-refractivity contribution in [2.75, 3.05) is 18.8 Å². The van der Waals surface area contributed by atoms with Gasteiger partial charge in [0.2, 0.25) is 0 Å². The SMILES string of the molecule is C.CC.CCNCCc1ccccc1.Nc1ccc2ccccc2n1. The molecule has 0 amide bonds. The van der Waals surface area contributed by atoms with Crippen molar-refractivity contribution in [2.24, 2.45) is 0 Å². The van der Waals surface area contributed by atoms with Gasteiger partial charge in [-0.15, -0.1) is 0 Å². The Morgan fingerprint density at radius 2 is 1.52 bits per heavy atom. The van der Waals surface area contributed by atoms with Crippen LogP contribution in [0.3, 0.4) is 0 Å². The third-order valence-electron chi connectivity index (χ3n) is 3.30. The van der Waals surface area contributed by atoms with Gasteiger partial charge in [0.25, 0.3) is 0 Å². The average Bonchev–Trinajstić information content (AvgIpc) is 2.65. The smallest absolute Gasteiger partial charge is 0.124 e. The zero-order chi connectivity index (χ0) is 17.6. The fourth-order valence-electron chi connectivity index (χ4n) is 2.14. The Hall–Kier alpha value is -2.39. The van der Waals surface area contributed by atoms with E-state index in [-0.39, 0.29) is 7.43 Å². The van der Waals surface area contributed by atoms with Gasteiger partial charge >= 0.3 is 0 Å². The van der Waals surface area contributed by atoms with Gasteiger partial charge in [-0.05, 0) is 43.3 Å². The molecule has 0 bridgehead atoms. The second-order valence-electron chi connectivity index (χ2n) is 5.02. The summed E-state index contributed by atoms with van der Waals surface area (Å²) in [6.45, 7) is 8.28. The van der Waals surface area contributed by atoms with E-state index in [1.807, 2.05) is 50.2 Å². The fourth-order valence-corrected chi connectivity index (χ4v) is 2.14. The number of para-hydroxylation sites is 1. The molecule has 0 radical (unpaired) electrons. The van der Waals surface area contributed by atoms with Crippen LogP contribution < -0.4 is 11.1 Å². The summed E-state index contributed by atoms with van der Waals surface area (Å²) in [6, 6.07) is 22.2. The molecule has 0 fully saturated rings. The van der Waals surface area contributed by atoms with Crippen LogP contribution in [0.4, 0.5) is 5.82 Å². The van der Waals surface area contributed by atoms with E-state index in [9.17, 15) is 0 Å². The number of aromatic nitrogens is 1. The molecule has 3 heteroatoms. The Morgan fingerprint density at radius 1 is 0.880 bits per heavy atom. The average molecular weight is 340 g/mol. The van der Waals surface area contributed by atoms with Crippen molar-refractivity contribution in [3.63, 3.8) is 0 Å². The summed E-state index contributed by atoms with van der Waals surface area (Å²) in [4.78, 5) is 4.15. The van der Waals surface area contributed by atoms with Crippen molar-refractivity contribution in [3.05, 3.63) is 72.3 Å². The van der Waals surface area contributed by atoms with E-state index in [4.69, 9.17) is 5.73 Å². The van der Waals surface area contributed by atoms with Gasteiger partial charge in [-0.25, -0.2) is 4.98 Å². The zero-order valence-electron chi connectivity index (χ0n) is 15.0. The fraction of sp³-hybridized carbons (Fsp3) is 0.318. The molecule has 0 spiro atoms. The largest absolute Gasteiger partial charge is 0.384 e. The number of anilines is 1. The molecular formula is C22H33N3. The minimum absolute atomic E-state index is 0. The molecule has 2 aromatic carbocycles. The van der Waals surface area contributed by atoms with Gasteiger partial charge in [0, 0.05) is 5.39 Å². The zero-order valence-corrected chi connectivity index (χ0v) is 15.0. The predicted octanol–water partition coefficient (Wildman–Crippen LogP) is 5.32. The van der Waals surface area contributed by atoms with E-state index >= 15 is 0 Å². The third kappa shape index (κ3) is 8.87. The Labute approximate surface area is 153 Å². The van der Waals surface area contributed by atoms with Gasteiger partial charge in [0.15, 0.2) is 0 Å².